The van der Waals surface area contributed by atoms with E-state index >= 15 is 0 Å². The number of benzene rings is 1. The van der Waals surface area contributed by atoms with Crippen LogP contribution >= 0.6 is 11.5 Å². The van der Waals surface area contributed by atoms with Crippen molar-refractivity contribution in [2.24, 2.45) is 0 Å². The summed E-state index contributed by atoms with van der Waals surface area (Å²) in [6, 6.07) is 4.19. The Morgan fingerprint density at radius 2 is 2.31 bits per heavy atom. The van der Waals surface area contributed by atoms with Crippen molar-refractivity contribution in [1.29, 1.82) is 0 Å². The van der Waals surface area contributed by atoms with E-state index in [4.69, 9.17) is 5.73 Å². The molecule has 0 aliphatic carbocycles. The zero-order valence-corrected chi connectivity index (χ0v) is 8.79. The maximum atomic E-state index is 13.3. The monoisotopic (exact) mass is 238 g/mol. The van der Waals surface area contributed by atoms with E-state index in [1.54, 1.807) is 0 Å². The van der Waals surface area contributed by atoms with E-state index < -0.39 is 11.7 Å². The zero-order chi connectivity index (χ0) is 11.5. The maximum Gasteiger partial charge on any atom is 0.269 e. The maximum absolute atomic E-state index is 13.3. The van der Waals surface area contributed by atoms with Gasteiger partial charge in [-0.3, -0.25) is 4.79 Å². The molecule has 0 spiro atoms. The first-order valence-corrected chi connectivity index (χ1v) is 5.08. The molecule has 82 valence electrons. The van der Waals surface area contributed by atoms with Crippen molar-refractivity contribution >= 4 is 28.8 Å². The van der Waals surface area contributed by atoms with Crippen LogP contribution in [0.4, 0.5) is 15.8 Å². The standard InChI is InChI=1S/C9H7FN4OS/c10-5-2-1-3-6(11)8(5)13-9(15)7-4-12-14-16-7/h1-4H,11H2,(H,13,15). The summed E-state index contributed by atoms with van der Waals surface area (Å²) in [6.07, 6.45) is 1.30. The summed E-state index contributed by atoms with van der Waals surface area (Å²) in [5.41, 5.74) is 5.69. The van der Waals surface area contributed by atoms with Gasteiger partial charge in [0.2, 0.25) is 0 Å². The Hall–Kier alpha value is -2.02. The summed E-state index contributed by atoms with van der Waals surface area (Å²) >= 11 is 0.926. The number of rotatable bonds is 2. The van der Waals surface area contributed by atoms with E-state index in [0.29, 0.717) is 4.88 Å². The number of carbonyl (C=O) groups is 1. The number of aromatic nitrogens is 2. The van der Waals surface area contributed by atoms with Crippen LogP contribution in [0.3, 0.4) is 0 Å². The predicted octanol–water partition coefficient (Wildman–Crippen LogP) is 1.51. The SMILES string of the molecule is Nc1cccc(F)c1NC(=O)c1cnns1. The number of carbonyl (C=O) groups excluding carboxylic acids is 1. The molecule has 1 aromatic carbocycles. The minimum Gasteiger partial charge on any atom is -0.397 e. The minimum absolute atomic E-state index is 0.0269. The second-order valence-corrected chi connectivity index (χ2v) is 3.73. The molecule has 0 unspecified atom stereocenters. The molecule has 7 heteroatoms. The second-order valence-electron chi connectivity index (χ2n) is 2.94. The quantitative estimate of drug-likeness (QED) is 0.777. The van der Waals surface area contributed by atoms with E-state index in [2.05, 4.69) is 14.9 Å². The van der Waals surface area contributed by atoms with Gasteiger partial charge < -0.3 is 11.1 Å². The summed E-state index contributed by atoms with van der Waals surface area (Å²) in [5.74, 6) is -1.06. The van der Waals surface area contributed by atoms with Gasteiger partial charge in [0.05, 0.1) is 11.9 Å². The molecule has 5 nitrogen and oxygen atoms in total. The van der Waals surface area contributed by atoms with Gasteiger partial charge in [-0.2, -0.15) is 0 Å². The highest BCUT2D eigenvalue weighted by atomic mass is 32.1. The summed E-state index contributed by atoms with van der Waals surface area (Å²) in [4.78, 5) is 11.9. The summed E-state index contributed by atoms with van der Waals surface area (Å²) in [6.45, 7) is 0. The van der Waals surface area contributed by atoms with Gasteiger partial charge >= 0.3 is 0 Å². The highest BCUT2D eigenvalue weighted by Gasteiger charge is 2.13. The van der Waals surface area contributed by atoms with Crippen LogP contribution in [0.5, 0.6) is 0 Å². The summed E-state index contributed by atoms with van der Waals surface area (Å²) in [7, 11) is 0. The number of para-hydroxylation sites is 1. The third-order valence-corrected chi connectivity index (χ3v) is 2.53. The lowest BCUT2D eigenvalue weighted by Gasteiger charge is -2.07. The Morgan fingerprint density at radius 1 is 1.50 bits per heavy atom. The average Bonchev–Trinajstić information content (AvgIpc) is 2.76. The average molecular weight is 238 g/mol. The van der Waals surface area contributed by atoms with E-state index in [9.17, 15) is 9.18 Å². The normalized spacial score (nSPS) is 10.1. The van der Waals surface area contributed by atoms with E-state index in [1.165, 1.54) is 24.4 Å². The Balaban J connectivity index is 2.25. The molecule has 2 rings (SSSR count). The van der Waals surface area contributed by atoms with Crippen molar-refractivity contribution in [2.45, 2.75) is 0 Å². The van der Waals surface area contributed by atoms with Crippen LogP contribution in [0.1, 0.15) is 9.67 Å². The van der Waals surface area contributed by atoms with Gasteiger partial charge in [0.1, 0.15) is 16.4 Å². The van der Waals surface area contributed by atoms with Crippen molar-refractivity contribution < 1.29 is 9.18 Å². The van der Waals surface area contributed by atoms with Crippen LogP contribution in [0.15, 0.2) is 24.4 Å². The predicted molar refractivity (Wildman–Crippen MR) is 58.7 cm³/mol. The van der Waals surface area contributed by atoms with Crippen molar-refractivity contribution in [3.05, 3.63) is 35.1 Å². The zero-order valence-electron chi connectivity index (χ0n) is 7.98. The number of nitrogen functional groups attached to an aromatic ring is 1. The molecule has 1 aromatic heterocycles. The first-order valence-electron chi connectivity index (χ1n) is 4.31. The lowest BCUT2D eigenvalue weighted by atomic mass is 10.2. The fourth-order valence-electron chi connectivity index (χ4n) is 1.12. The summed E-state index contributed by atoms with van der Waals surface area (Å²) < 4.78 is 16.9. The highest BCUT2D eigenvalue weighted by molar-refractivity contribution is 7.07. The third kappa shape index (κ3) is 1.98. The lowest BCUT2D eigenvalue weighted by Crippen LogP contribution is -2.13. The Bertz CT molecular complexity index is 494. The highest BCUT2D eigenvalue weighted by Crippen LogP contribution is 2.22. The molecular weight excluding hydrogens is 231 g/mol. The van der Waals surface area contributed by atoms with Crippen molar-refractivity contribution in [1.82, 2.24) is 9.59 Å². The van der Waals surface area contributed by atoms with Gasteiger partial charge in [-0.25, -0.2) is 4.39 Å². The van der Waals surface area contributed by atoms with E-state index in [1.807, 2.05) is 0 Å². The molecule has 0 saturated carbocycles. The number of anilines is 2. The molecule has 16 heavy (non-hydrogen) atoms. The van der Waals surface area contributed by atoms with Gasteiger partial charge in [-0.05, 0) is 23.7 Å². The van der Waals surface area contributed by atoms with Crippen LogP contribution in [-0.4, -0.2) is 15.5 Å². The number of amides is 1. The van der Waals surface area contributed by atoms with Gasteiger partial charge in [0.15, 0.2) is 0 Å². The lowest BCUT2D eigenvalue weighted by molar-refractivity contribution is 0.103. The second kappa shape index (κ2) is 4.23. The topological polar surface area (TPSA) is 80.9 Å². The van der Waals surface area contributed by atoms with E-state index in [-0.39, 0.29) is 11.4 Å². The Labute approximate surface area is 94.3 Å². The molecular formula is C9H7FN4OS. The van der Waals surface area contributed by atoms with Crippen LogP contribution in [0, 0.1) is 5.82 Å². The van der Waals surface area contributed by atoms with Crippen LogP contribution in [0.25, 0.3) is 0 Å². The van der Waals surface area contributed by atoms with Crippen LogP contribution < -0.4 is 11.1 Å². The first-order chi connectivity index (χ1) is 7.68. The molecule has 1 heterocycles. The minimum atomic E-state index is -0.578. The van der Waals surface area contributed by atoms with Crippen molar-refractivity contribution in [3.63, 3.8) is 0 Å². The van der Waals surface area contributed by atoms with Gasteiger partial charge in [0.25, 0.3) is 5.91 Å². The first kappa shape index (κ1) is 10.5. The van der Waals surface area contributed by atoms with E-state index in [0.717, 1.165) is 11.5 Å². The fraction of sp³-hybridized carbons (Fsp3) is 0. The molecule has 0 aliphatic heterocycles. The molecule has 0 atom stereocenters. The van der Waals surface area contributed by atoms with Crippen molar-refractivity contribution in [2.75, 3.05) is 11.1 Å². The molecule has 2 aromatic rings. The fourth-order valence-corrected chi connectivity index (χ4v) is 1.53. The number of hydrogen-bond acceptors (Lipinski definition) is 5. The Morgan fingerprint density at radius 3 is 2.94 bits per heavy atom. The number of halogens is 1. The van der Waals surface area contributed by atoms with Crippen LogP contribution in [-0.2, 0) is 0 Å². The molecule has 0 saturated heterocycles. The number of nitrogens with one attached hydrogen (secondary N) is 1. The summed E-state index contributed by atoms with van der Waals surface area (Å²) in [5, 5.41) is 5.88. The third-order valence-electron chi connectivity index (χ3n) is 1.87. The number of hydrogen-bond donors (Lipinski definition) is 2. The largest absolute Gasteiger partial charge is 0.397 e. The van der Waals surface area contributed by atoms with Gasteiger partial charge in [-0.15, -0.1) is 5.10 Å². The molecule has 0 aliphatic rings. The van der Waals surface area contributed by atoms with Gasteiger partial charge in [0, 0.05) is 0 Å². The number of nitrogens with zero attached hydrogens (tertiary/aromatic N) is 2. The van der Waals surface area contributed by atoms with Crippen LogP contribution in [0.2, 0.25) is 0 Å². The van der Waals surface area contributed by atoms with Gasteiger partial charge in [-0.1, -0.05) is 10.6 Å². The molecule has 0 radical (unpaired) electrons. The van der Waals surface area contributed by atoms with Crippen molar-refractivity contribution in [3.8, 4) is 0 Å². The molecule has 1 amide bonds. The molecule has 0 fully saturated rings. The smallest absolute Gasteiger partial charge is 0.269 e. The number of nitrogens with two attached hydrogens (primary N) is 1. The molecule has 0 bridgehead atoms. The Kier molecular flexibility index (Phi) is 2.78. The molecule has 3 N–H and O–H groups in total.